The fraction of sp³-hybridized carbons (Fsp3) is 0.143. The van der Waals surface area contributed by atoms with E-state index in [4.69, 9.17) is 5.11 Å². The van der Waals surface area contributed by atoms with Crippen molar-refractivity contribution in [2.75, 3.05) is 0 Å². The Balaban J connectivity index is 2.94. The van der Waals surface area contributed by atoms with Crippen molar-refractivity contribution in [3.8, 4) is 0 Å². The minimum Gasteiger partial charge on any atom is -0.479 e. The molecule has 1 N–H and O–H groups in total. The average Bonchev–Trinajstić information content (AvgIpc) is 2.37. The molecule has 0 fully saturated rings. The van der Waals surface area contributed by atoms with E-state index in [0.717, 1.165) is 4.47 Å². The number of aromatic nitrogens is 2. The lowest BCUT2D eigenvalue weighted by Crippen LogP contribution is -2.16. The third-order valence-corrected chi connectivity index (χ3v) is 1.74. The van der Waals surface area contributed by atoms with Gasteiger partial charge in [0.2, 0.25) is 0 Å². The van der Waals surface area contributed by atoms with E-state index in [-0.39, 0.29) is 0 Å². The third kappa shape index (κ3) is 1.73. The second kappa shape index (κ2) is 3.53. The normalized spacial score (nSPS) is 12.4. The second-order valence-electron chi connectivity index (χ2n) is 2.16. The molecular formula is C7H7BrN2O2. The summed E-state index contributed by atoms with van der Waals surface area (Å²) in [6.45, 7) is 3.41. The van der Waals surface area contributed by atoms with Gasteiger partial charge in [0.05, 0.1) is 10.7 Å². The molecule has 0 saturated heterocycles. The Morgan fingerprint density at radius 2 is 2.58 bits per heavy atom. The van der Waals surface area contributed by atoms with Gasteiger partial charge in [-0.05, 0) is 15.9 Å². The summed E-state index contributed by atoms with van der Waals surface area (Å²) < 4.78 is 2.06. The molecule has 1 aromatic heterocycles. The van der Waals surface area contributed by atoms with Gasteiger partial charge < -0.3 is 5.11 Å². The summed E-state index contributed by atoms with van der Waals surface area (Å²) in [6, 6.07) is -0.795. The van der Waals surface area contributed by atoms with Gasteiger partial charge in [-0.2, -0.15) is 5.10 Å². The summed E-state index contributed by atoms with van der Waals surface area (Å²) in [5, 5.41) is 12.5. The molecular weight excluding hydrogens is 224 g/mol. The average molecular weight is 231 g/mol. The molecule has 12 heavy (non-hydrogen) atoms. The molecule has 0 aliphatic carbocycles. The Labute approximate surface area is 77.6 Å². The maximum atomic E-state index is 10.6. The van der Waals surface area contributed by atoms with Crippen LogP contribution < -0.4 is 0 Å². The number of aliphatic carboxylic acids is 1. The van der Waals surface area contributed by atoms with Gasteiger partial charge >= 0.3 is 5.97 Å². The van der Waals surface area contributed by atoms with E-state index in [1.165, 1.54) is 17.0 Å². The summed E-state index contributed by atoms with van der Waals surface area (Å²) in [5.74, 6) is -0.972. The number of hydrogen-bond acceptors (Lipinski definition) is 2. The molecule has 4 nitrogen and oxygen atoms in total. The third-order valence-electron chi connectivity index (χ3n) is 1.33. The summed E-state index contributed by atoms with van der Waals surface area (Å²) in [4.78, 5) is 10.6. The van der Waals surface area contributed by atoms with Crippen LogP contribution in [0.4, 0.5) is 0 Å². The highest BCUT2D eigenvalue weighted by atomic mass is 79.9. The number of hydrogen-bond donors (Lipinski definition) is 1. The van der Waals surface area contributed by atoms with Crippen LogP contribution in [-0.2, 0) is 4.79 Å². The summed E-state index contributed by atoms with van der Waals surface area (Å²) >= 11 is 3.17. The molecule has 0 bridgehead atoms. The monoisotopic (exact) mass is 230 g/mol. The Kier molecular flexibility index (Phi) is 2.65. The molecule has 0 aliphatic rings. The molecule has 0 saturated carbocycles. The van der Waals surface area contributed by atoms with Crippen molar-refractivity contribution < 1.29 is 9.90 Å². The lowest BCUT2D eigenvalue weighted by atomic mass is 10.3. The van der Waals surface area contributed by atoms with E-state index in [1.54, 1.807) is 6.20 Å². The van der Waals surface area contributed by atoms with Crippen LogP contribution in [0.5, 0.6) is 0 Å². The van der Waals surface area contributed by atoms with Gasteiger partial charge in [0, 0.05) is 6.20 Å². The number of nitrogens with zero attached hydrogens (tertiary/aromatic N) is 2. The molecule has 0 aromatic carbocycles. The van der Waals surface area contributed by atoms with E-state index >= 15 is 0 Å². The molecule has 1 heterocycles. The maximum Gasteiger partial charge on any atom is 0.332 e. The minimum absolute atomic E-state index is 0.746. The van der Waals surface area contributed by atoms with Crippen molar-refractivity contribution in [3.63, 3.8) is 0 Å². The van der Waals surface area contributed by atoms with Gasteiger partial charge in [-0.3, -0.25) is 4.68 Å². The first-order valence-electron chi connectivity index (χ1n) is 3.20. The predicted octanol–water partition coefficient (Wildman–Crippen LogP) is 1.46. The first-order valence-corrected chi connectivity index (χ1v) is 3.99. The van der Waals surface area contributed by atoms with Gasteiger partial charge in [0.25, 0.3) is 0 Å². The Morgan fingerprint density at radius 3 is 2.92 bits per heavy atom. The molecule has 0 radical (unpaired) electrons. The zero-order valence-corrected chi connectivity index (χ0v) is 7.73. The lowest BCUT2D eigenvalue weighted by Gasteiger charge is -2.05. The number of rotatable bonds is 3. The standard InChI is InChI=1S/C7H7BrN2O2/c1-2-6(7(11)12)10-4-5(8)3-9-10/h2-4,6H,1H2,(H,11,12). The van der Waals surface area contributed by atoms with E-state index < -0.39 is 12.0 Å². The van der Waals surface area contributed by atoms with Crippen LogP contribution in [0, 0.1) is 0 Å². The van der Waals surface area contributed by atoms with Crippen LogP contribution in [-0.4, -0.2) is 20.9 Å². The van der Waals surface area contributed by atoms with Crippen molar-refractivity contribution in [1.29, 1.82) is 0 Å². The topological polar surface area (TPSA) is 55.1 Å². The van der Waals surface area contributed by atoms with Gasteiger partial charge in [0.1, 0.15) is 0 Å². The zero-order chi connectivity index (χ0) is 9.14. The molecule has 64 valence electrons. The van der Waals surface area contributed by atoms with Crippen LogP contribution in [0.3, 0.4) is 0 Å². The highest BCUT2D eigenvalue weighted by Gasteiger charge is 2.15. The zero-order valence-electron chi connectivity index (χ0n) is 6.14. The summed E-state index contributed by atoms with van der Waals surface area (Å²) in [6.07, 6.45) is 4.43. The number of carboxylic acids is 1. The molecule has 1 atom stereocenters. The van der Waals surface area contributed by atoms with E-state index in [2.05, 4.69) is 27.6 Å². The van der Waals surface area contributed by atoms with Crippen molar-refractivity contribution in [2.24, 2.45) is 0 Å². The first-order chi connectivity index (χ1) is 5.65. The van der Waals surface area contributed by atoms with E-state index in [0.29, 0.717) is 0 Å². The van der Waals surface area contributed by atoms with Crippen molar-refractivity contribution in [1.82, 2.24) is 9.78 Å². The predicted molar refractivity (Wildman–Crippen MR) is 46.8 cm³/mol. The number of halogens is 1. The minimum atomic E-state index is -0.972. The maximum absolute atomic E-state index is 10.6. The number of carboxylic acid groups (broad SMARTS) is 1. The molecule has 0 amide bonds. The van der Waals surface area contributed by atoms with Gasteiger partial charge in [-0.1, -0.05) is 6.08 Å². The highest BCUT2D eigenvalue weighted by molar-refractivity contribution is 9.10. The molecule has 5 heteroatoms. The van der Waals surface area contributed by atoms with Crippen LogP contribution >= 0.6 is 15.9 Å². The SMILES string of the molecule is C=CC(C(=O)O)n1cc(Br)cn1. The Morgan fingerprint density at radius 1 is 1.92 bits per heavy atom. The number of carbonyl (C=O) groups is 1. The smallest absolute Gasteiger partial charge is 0.332 e. The Hall–Kier alpha value is -1.10. The molecule has 1 rings (SSSR count). The first kappa shape index (κ1) is 8.99. The summed E-state index contributed by atoms with van der Waals surface area (Å²) in [5.41, 5.74) is 0. The van der Waals surface area contributed by atoms with Crippen LogP contribution in [0.25, 0.3) is 0 Å². The van der Waals surface area contributed by atoms with Gasteiger partial charge in [0.15, 0.2) is 6.04 Å². The molecule has 1 aromatic rings. The van der Waals surface area contributed by atoms with Crippen molar-refractivity contribution >= 4 is 21.9 Å². The van der Waals surface area contributed by atoms with E-state index in [9.17, 15) is 4.79 Å². The highest BCUT2D eigenvalue weighted by Crippen LogP contribution is 2.12. The summed E-state index contributed by atoms with van der Waals surface area (Å²) in [7, 11) is 0. The van der Waals surface area contributed by atoms with Gasteiger partial charge in [-0.15, -0.1) is 6.58 Å². The fourth-order valence-electron chi connectivity index (χ4n) is 0.789. The lowest BCUT2D eigenvalue weighted by molar-refractivity contribution is -0.139. The van der Waals surface area contributed by atoms with Gasteiger partial charge in [-0.25, -0.2) is 4.79 Å². The van der Waals surface area contributed by atoms with Crippen molar-refractivity contribution in [2.45, 2.75) is 6.04 Å². The largest absolute Gasteiger partial charge is 0.479 e. The van der Waals surface area contributed by atoms with E-state index in [1.807, 2.05) is 0 Å². The quantitative estimate of drug-likeness (QED) is 0.801. The molecule has 0 aliphatic heterocycles. The van der Waals surface area contributed by atoms with Crippen molar-refractivity contribution in [3.05, 3.63) is 29.5 Å². The van der Waals surface area contributed by atoms with Crippen LogP contribution in [0.1, 0.15) is 6.04 Å². The molecule has 1 unspecified atom stereocenters. The van der Waals surface area contributed by atoms with Crippen LogP contribution in [0.2, 0.25) is 0 Å². The Bertz CT molecular complexity index is 308. The fourth-order valence-corrected chi connectivity index (χ4v) is 1.09. The molecule has 0 spiro atoms. The van der Waals surface area contributed by atoms with Crippen LogP contribution in [0.15, 0.2) is 29.5 Å². The second-order valence-corrected chi connectivity index (χ2v) is 3.07.